The lowest BCUT2D eigenvalue weighted by Crippen LogP contribution is -2.51. The van der Waals surface area contributed by atoms with E-state index in [0.29, 0.717) is 0 Å². The van der Waals surface area contributed by atoms with E-state index in [4.69, 9.17) is 5.73 Å². The molecule has 1 aliphatic rings. The van der Waals surface area contributed by atoms with E-state index in [1.54, 1.807) is 6.07 Å². The minimum Gasteiger partial charge on any atom is -0.367 e. The Labute approximate surface area is 127 Å². The first kappa shape index (κ1) is 16.2. The zero-order chi connectivity index (χ0) is 15.3. The first-order valence-electron chi connectivity index (χ1n) is 8.00. The summed E-state index contributed by atoms with van der Waals surface area (Å²) >= 11 is 0. The van der Waals surface area contributed by atoms with Crippen molar-refractivity contribution in [2.75, 3.05) is 44.2 Å². The van der Waals surface area contributed by atoms with Crippen LogP contribution in [0, 0.1) is 11.2 Å². The highest BCUT2D eigenvalue weighted by Gasteiger charge is 2.27. The summed E-state index contributed by atoms with van der Waals surface area (Å²) in [6.45, 7) is 9.99. The highest BCUT2D eigenvalue weighted by Crippen LogP contribution is 2.25. The number of benzene rings is 1. The second kappa shape index (κ2) is 7.23. The van der Waals surface area contributed by atoms with Crippen LogP contribution in [0.4, 0.5) is 10.1 Å². The van der Waals surface area contributed by atoms with Crippen LogP contribution in [0.15, 0.2) is 24.3 Å². The lowest BCUT2D eigenvalue weighted by Gasteiger charge is -2.40. The van der Waals surface area contributed by atoms with E-state index in [9.17, 15) is 4.39 Å². The van der Waals surface area contributed by atoms with Crippen molar-refractivity contribution in [1.29, 1.82) is 0 Å². The van der Waals surface area contributed by atoms with Crippen molar-refractivity contribution in [3.63, 3.8) is 0 Å². The molecule has 2 N–H and O–H groups in total. The van der Waals surface area contributed by atoms with E-state index < -0.39 is 0 Å². The van der Waals surface area contributed by atoms with Crippen molar-refractivity contribution < 1.29 is 4.39 Å². The molecule has 21 heavy (non-hydrogen) atoms. The van der Waals surface area contributed by atoms with Crippen LogP contribution in [-0.4, -0.2) is 44.2 Å². The van der Waals surface area contributed by atoms with Gasteiger partial charge in [0.15, 0.2) is 0 Å². The molecule has 1 aromatic carbocycles. The number of anilines is 1. The maximum Gasteiger partial charge on any atom is 0.146 e. The molecule has 118 valence electrons. The number of hydrogen-bond acceptors (Lipinski definition) is 3. The summed E-state index contributed by atoms with van der Waals surface area (Å²) in [5.74, 6) is -0.122. The fourth-order valence-electron chi connectivity index (χ4n) is 3.24. The summed E-state index contributed by atoms with van der Waals surface area (Å²) in [5, 5.41) is 0. The second-order valence-corrected chi connectivity index (χ2v) is 6.48. The number of halogens is 1. The summed E-state index contributed by atoms with van der Waals surface area (Å²) in [7, 11) is 0. The number of piperazine rings is 1. The van der Waals surface area contributed by atoms with Gasteiger partial charge in [0.05, 0.1) is 5.69 Å². The molecule has 0 radical (unpaired) electrons. The SMILES string of the molecule is CCCC(C)(CN)CN1CCN(c2ccccc2F)CC1. The topological polar surface area (TPSA) is 32.5 Å². The van der Waals surface area contributed by atoms with E-state index in [0.717, 1.165) is 51.4 Å². The first-order valence-corrected chi connectivity index (χ1v) is 8.00. The van der Waals surface area contributed by atoms with Crippen molar-refractivity contribution in [3.05, 3.63) is 30.1 Å². The molecule has 0 saturated carbocycles. The van der Waals surface area contributed by atoms with Gasteiger partial charge >= 0.3 is 0 Å². The van der Waals surface area contributed by atoms with Crippen molar-refractivity contribution >= 4 is 5.69 Å². The molecular weight excluding hydrogens is 265 g/mol. The van der Waals surface area contributed by atoms with Gasteiger partial charge in [-0.1, -0.05) is 32.4 Å². The average Bonchev–Trinajstić information content (AvgIpc) is 2.49. The molecule has 1 atom stereocenters. The predicted molar refractivity (Wildman–Crippen MR) is 87.1 cm³/mol. The minimum atomic E-state index is -0.122. The molecule has 1 heterocycles. The Morgan fingerprint density at radius 2 is 1.86 bits per heavy atom. The summed E-state index contributed by atoms with van der Waals surface area (Å²) in [6, 6.07) is 7.05. The van der Waals surface area contributed by atoms with Gasteiger partial charge in [-0.2, -0.15) is 0 Å². The van der Waals surface area contributed by atoms with Crippen molar-refractivity contribution in [2.24, 2.45) is 11.1 Å². The van der Waals surface area contributed by atoms with Crippen LogP contribution in [0.2, 0.25) is 0 Å². The van der Waals surface area contributed by atoms with Crippen molar-refractivity contribution in [2.45, 2.75) is 26.7 Å². The number of hydrogen-bond donors (Lipinski definition) is 1. The Hall–Kier alpha value is -1.13. The standard InChI is InChI=1S/C17H28FN3/c1-3-8-17(2,13-19)14-20-9-11-21(12-10-20)16-7-5-4-6-15(16)18/h4-7H,3,8-14,19H2,1-2H3. The summed E-state index contributed by atoms with van der Waals surface area (Å²) in [6.07, 6.45) is 2.33. The minimum absolute atomic E-state index is 0.122. The molecule has 2 rings (SSSR count). The Morgan fingerprint density at radius 3 is 2.43 bits per heavy atom. The van der Waals surface area contributed by atoms with Crippen LogP contribution < -0.4 is 10.6 Å². The monoisotopic (exact) mass is 293 g/mol. The molecule has 1 fully saturated rings. The van der Waals surface area contributed by atoms with Gasteiger partial charge in [0.1, 0.15) is 5.82 Å². The molecular formula is C17H28FN3. The Kier molecular flexibility index (Phi) is 5.59. The molecule has 0 bridgehead atoms. The molecule has 1 aromatic rings. The molecule has 1 saturated heterocycles. The number of rotatable bonds is 6. The Balaban J connectivity index is 1.90. The molecule has 4 heteroatoms. The van der Waals surface area contributed by atoms with Gasteiger partial charge in [-0.05, 0) is 30.5 Å². The third-order valence-electron chi connectivity index (χ3n) is 4.52. The number of nitrogens with zero attached hydrogens (tertiary/aromatic N) is 2. The highest BCUT2D eigenvalue weighted by molar-refractivity contribution is 5.47. The zero-order valence-corrected chi connectivity index (χ0v) is 13.3. The number of nitrogens with two attached hydrogens (primary N) is 1. The zero-order valence-electron chi connectivity index (χ0n) is 13.3. The van der Waals surface area contributed by atoms with E-state index in [1.807, 2.05) is 12.1 Å². The quantitative estimate of drug-likeness (QED) is 0.875. The van der Waals surface area contributed by atoms with Crippen molar-refractivity contribution in [1.82, 2.24) is 4.90 Å². The van der Waals surface area contributed by atoms with Crippen LogP contribution in [0.1, 0.15) is 26.7 Å². The molecule has 0 amide bonds. The number of para-hydroxylation sites is 1. The van der Waals surface area contributed by atoms with Gasteiger partial charge in [0, 0.05) is 32.7 Å². The van der Waals surface area contributed by atoms with Crippen molar-refractivity contribution in [3.8, 4) is 0 Å². The van der Waals surface area contributed by atoms with Crippen LogP contribution >= 0.6 is 0 Å². The fourth-order valence-corrected chi connectivity index (χ4v) is 3.24. The summed E-state index contributed by atoms with van der Waals surface area (Å²) < 4.78 is 13.8. The first-order chi connectivity index (χ1) is 10.1. The molecule has 0 aliphatic carbocycles. The molecule has 3 nitrogen and oxygen atoms in total. The van der Waals surface area contributed by atoms with E-state index in [1.165, 1.54) is 12.5 Å². The van der Waals surface area contributed by atoms with Gasteiger partial charge in [-0.15, -0.1) is 0 Å². The average molecular weight is 293 g/mol. The maximum atomic E-state index is 13.8. The van der Waals surface area contributed by atoms with Gasteiger partial charge in [-0.3, -0.25) is 4.90 Å². The Bertz CT molecular complexity index is 443. The normalized spacial score (nSPS) is 19.5. The predicted octanol–water partition coefficient (Wildman–Crippen LogP) is 2.71. The highest BCUT2D eigenvalue weighted by atomic mass is 19.1. The lowest BCUT2D eigenvalue weighted by atomic mass is 9.85. The van der Waals surface area contributed by atoms with Crippen LogP contribution in [0.25, 0.3) is 0 Å². The van der Waals surface area contributed by atoms with Crippen LogP contribution in [0.3, 0.4) is 0 Å². The summed E-state index contributed by atoms with van der Waals surface area (Å²) in [5.41, 5.74) is 6.89. The van der Waals surface area contributed by atoms with Gasteiger partial charge in [-0.25, -0.2) is 4.39 Å². The lowest BCUT2D eigenvalue weighted by molar-refractivity contribution is 0.151. The van der Waals surface area contributed by atoms with E-state index >= 15 is 0 Å². The second-order valence-electron chi connectivity index (χ2n) is 6.48. The van der Waals surface area contributed by atoms with Gasteiger partial charge < -0.3 is 10.6 Å². The molecule has 0 aromatic heterocycles. The molecule has 1 unspecified atom stereocenters. The maximum absolute atomic E-state index is 13.8. The van der Waals surface area contributed by atoms with Gasteiger partial charge in [0.25, 0.3) is 0 Å². The molecule has 0 spiro atoms. The fraction of sp³-hybridized carbons (Fsp3) is 0.647. The third kappa shape index (κ3) is 4.17. The van der Waals surface area contributed by atoms with Crippen LogP contribution in [0.5, 0.6) is 0 Å². The summed E-state index contributed by atoms with van der Waals surface area (Å²) in [4.78, 5) is 4.62. The van der Waals surface area contributed by atoms with Gasteiger partial charge in [0.2, 0.25) is 0 Å². The molecule has 1 aliphatic heterocycles. The third-order valence-corrected chi connectivity index (χ3v) is 4.52. The largest absolute Gasteiger partial charge is 0.367 e. The van der Waals surface area contributed by atoms with Crippen LogP contribution in [-0.2, 0) is 0 Å². The van der Waals surface area contributed by atoms with E-state index in [-0.39, 0.29) is 11.2 Å². The Morgan fingerprint density at radius 1 is 1.19 bits per heavy atom. The smallest absolute Gasteiger partial charge is 0.146 e. The van der Waals surface area contributed by atoms with E-state index in [2.05, 4.69) is 23.6 Å².